The van der Waals surface area contributed by atoms with Crippen LogP contribution < -0.4 is 0 Å². The molecule has 1 rings (SSSR count). The molecule has 0 aliphatic carbocycles. The molecular weight excluding hydrogens is 162 g/mol. The van der Waals surface area contributed by atoms with E-state index in [1.807, 2.05) is 6.92 Å². The fraction of sp³-hybridized carbons (Fsp3) is 0.857. The van der Waals surface area contributed by atoms with E-state index in [0.29, 0.717) is 12.4 Å². The minimum atomic E-state index is -1.02. The molecule has 0 bridgehead atoms. The third-order valence-electron chi connectivity index (χ3n) is 1.50. The van der Waals surface area contributed by atoms with E-state index in [9.17, 15) is 4.21 Å². The van der Waals surface area contributed by atoms with Crippen LogP contribution in [0.1, 0.15) is 19.8 Å². The number of hydrogen-bond donors (Lipinski definition) is 0. The average molecular weight is 175 g/mol. The smallest absolute Gasteiger partial charge is 0.139 e. The molecule has 64 valence electrons. The van der Waals surface area contributed by atoms with E-state index in [1.54, 1.807) is 0 Å². The highest BCUT2D eigenvalue weighted by Gasteiger charge is 2.07. The Labute approximate surface area is 69.4 Å². The van der Waals surface area contributed by atoms with Gasteiger partial charge >= 0.3 is 0 Å². The molecule has 0 aromatic rings. The van der Waals surface area contributed by atoms with Crippen molar-refractivity contribution in [1.29, 1.82) is 0 Å². The van der Waals surface area contributed by atoms with Crippen molar-refractivity contribution < 1.29 is 8.95 Å². The second kappa shape index (κ2) is 4.62. The lowest BCUT2D eigenvalue weighted by Crippen LogP contribution is -2.17. The van der Waals surface area contributed by atoms with E-state index in [1.165, 1.54) is 0 Å². The van der Waals surface area contributed by atoms with Crippen molar-refractivity contribution in [3.8, 4) is 0 Å². The first kappa shape index (κ1) is 8.87. The molecule has 11 heavy (non-hydrogen) atoms. The summed E-state index contributed by atoms with van der Waals surface area (Å²) in [5, 5.41) is 0. The van der Waals surface area contributed by atoms with Gasteiger partial charge in [-0.3, -0.25) is 0 Å². The monoisotopic (exact) mass is 175 g/mol. The maximum atomic E-state index is 10.9. The second-order valence-corrected chi connectivity index (χ2v) is 3.83. The molecule has 0 aromatic heterocycles. The van der Waals surface area contributed by atoms with Crippen molar-refractivity contribution in [3.05, 3.63) is 0 Å². The van der Waals surface area contributed by atoms with Crippen LogP contribution in [0.5, 0.6) is 0 Å². The molecule has 0 spiro atoms. The van der Waals surface area contributed by atoms with Crippen LogP contribution in [0, 0.1) is 0 Å². The zero-order valence-electron chi connectivity index (χ0n) is 6.71. The van der Waals surface area contributed by atoms with Gasteiger partial charge in [-0.1, -0.05) is 6.92 Å². The Bertz CT molecular complexity index is 171. The predicted molar refractivity (Wildman–Crippen MR) is 46.2 cm³/mol. The summed E-state index contributed by atoms with van der Waals surface area (Å²) in [6.45, 7) is 3.26. The molecule has 0 N–H and O–H groups in total. The van der Waals surface area contributed by atoms with Crippen molar-refractivity contribution in [2.24, 2.45) is 4.40 Å². The molecule has 1 heterocycles. The topological polar surface area (TPSA) is 38.7 Å². The molecule has 0 saturated carbocycles. The van der Waals surface area contributed by atoms with Crippen LogP contribution in [0.15, 0.2) is 4.40 Å². The molecule has 3 nitrogen and oxygen atoms in total. The van der Waals surface area contributed by atoms with E-state index < -0.39 is 11.0 Å². The minimum absolute atomic E-state index is 0.575. The predicted octanol–water partition coefficient (Wildman–Crippen LogP) is 0.921. The van der Waals surface area contributed by atoms with Crippen LogP contribution >= 0.6 is 0 Å². The molecule has 4 heteroatoms. The molecule has 1 unspecified atom stereocenters. The van der Waals surface area contributed by atoms with Gasteiger partial charge in [0.05, 0.1) is 12.3 Å². The zero-order valence-corrected chi connectivity index (χ0v) is 7.52. The van der Waals surface area contributed by atoms with Crippen molar-refractivity contribution in [1.82, 2.24) is 0 Å². The van der Waals surface area contributed by atoms with Crippen molar-refractivity contribution in [2.75, 3.05) is 19.0 Å². The van der Waals surface area contributed by atoms with Gasteiger partial charge in [-0.15, -0.1) is 0 Å². The highest BCUT2D eigenvalue weighted by atomic mass is 32.2. The molecule has 1 aliphatic heterocycles. The van der Waals surface area contributed by atoms with Crippen LogP contribution in [-0.2, 0) is 15.7 Å². The summed E-state index contributed by atoms with van der Waals surface area (Å²) in [5.41, 5.74) is 0.955. The van der Waals surface area contributed by atoms with Gasteiger partial charge in [0.15, 0.2) is 0 Å². The molecule has 0 aromatic carbocycles. The number of ether oxygens (including phenoxy) is 1. The first-order valence-corrected chi connectivity index (χ1v) is 5.13. The third kappa shape index (κ3) is 3.12. The Kier molecular flexibility index (Phi) is 3.72. The first-order valence-electron chi connectivity index (χ1n) is 3.85. The summed E-state index contributed by atoms with van der Waals surface area (Å²) in [7, 11) is -1.02. The largest absolute Gasteiger partial charge is 0.375 e. The van der Waals surface area contributed by atoms with E-state index in [4.69, 9.17) is 4.74 Å². The fourth-order valence-corrected chi connectivity index (χ4v) is 1.48. The van der Waals surface area contributed by atoms with Gasteiger partial charge < -0.3 is 4.74 Å². The maximum absolute atomic E-state index is 10.9. The normalized spacial score (nSPS) is 25.4. The maximum Gasteiger partial charge on any atom is 0.139 e. The average Bonchev–Trinajstić information content (AvgIpc) is 2.06. The third-order valence-corrected chi connectivity index (χ3v) is 2.46. The second-order valence-electron chi connectivity index (χ2n) is 2.42. The Morgan fingerprint density at radius 1 is 1.73 bits per heavy atom. The zero-order chi connectivity index (χ0) is 8.10. The Hall–Kier alpha value is -0.220. The van der Waals surface area contributed by atoms with Crippen LogP contribution in [0.4, 0.5) is 0 Å². The molecule has 1 saturated heterocycles. The van der Waals surface area contributed by atoms with E-state index in [0.717, 1.165) is 25.2 Å². The van der Waals surface area contributed by atoms with Crippen molar-refractivity contribution in [2.45, 2.75) is 19.8 Å². The lowest BCUT2D eigenvalue weighted by Gasteiger charge is -2.12. The van der Waals surface area contributed by atoms with Gasteiger partial charge in [-0.05, 0) is 12.8 Å². The molecule has 1 fully saturated rings. The van der Waals surface area contributed by atoms with Gasteiger partial charge in [-0.2, -0.15) is 4.40 Å². The SMILES string of the molecule is CCS(=O)/N=C1\CCCOC1. The lowest BCUT2D eigenvalue weighted by molar-refractivity contribution is 0.154. The van der Waals surface area contributed by atoms with Crippen molar-refractivity contribution >= 4 is 16.7 Å². The van der Waals surface area contributed by atoms with Crippen LogP contribution in [-0.4, -0.2) is 28.9 Å². The van der Waals surface area contributed by atoms with Gasteiger partial charge in [0.25, 0.3) is 0 Å². The minimum Gasteiger partial charge on any atom is -0.375 e. The van der Waals surface area contributed by atoms with Crippen molar-refractivity contribution in [3.63, 3.8) is 0 Å². The van der Waals surface area contributed by atoms with Gasteiger partial charge in [0.1, 0.15) is 11.0 Å². The Morgan fingerprint density at radius 3 is 3.09 bits per heavy atom. The summed E-state index contributed by atoms with van der Waals surface area (Å²) in [5.74, 6) is 0.601. The summed E-state index contributed by atoms with van der Waals surface area (Å²) in [4.78, 5) is 0. The molecule has 0 radical (unpaired) electrons. The summed E-state index contributed by atoms with van der Waals surface area (Å²) < 4.78 is 20.1. The highest BCUT2D eigenvalue weighted by Crippen LogP contribution is 2.03. The highest BCUT2D eigenvalue weighted by molar-refractivity contribution is 7.83. The number of rotatable bonds is 2. The molecule has 1 aliphatic rings. The van der Waals surface area contributed by atoms with Gasteiger partial charge in [0, 0.05) is 12.4 Å². The molecule has 1 atom stereocenters. The first-order chi connectivity index (χ1) is 5.33. The number of hydrogen-bond acceptors (Lipinski definition) is 2. The molecular formula is C7H13NO2S. The van der Waals surface area contributed by atoms with Gasteiger partial charge in [-0.25, -0.2) is 4.21 Å². The van der Waals surface area contributed by atoms with E-state index >= 15 is 0 Å². The van der Waals surface area contributed by atoms with Crippen LogP contribution in [0.3, 0.4) is 0 Å². The Balaban J connectivity index is 2.43. The van der Waals surface area contributed by atoms with E-state index in [2.05, 4.69) is 4.40 Å². The fourth-order valence-electron chi connectivity index (χ4n) is 0.921. The standard InChI is InChI=1S/C7H13NO2S/c1-2-11(9)8-7-4-3-5-10-6-7/h2-6H2,1H3/b8-7+. The van der Waals surface area contributed by atoms with Gasteiger partial charge in [0.2, 0.25) is 0 Å². The lowest BCUT2D eigenvalue weighted by atomic mass is 10.2. The van der Waals surface area contributed by atoms with Crippen LogP contribution in [0.2, 0.25) is 0 Å². The summed E-state index contributed by atoms with van der Waals surface area (Å²) in [6, 6.07) is 0. The Morgan fingerprint density at radius 2 is 2.55 bits per heavy atom. The summed E-state index contributed by atoms with van der Waals surface area (Å²) in [6.07, 6.45) is 1.96. The van der Waals surface area contributed by atoms with E-state index in [-0.39, 0.29) is 0 Å². The summed E-state index contributed by atoms with van der Waals surface area (Å²) >= 11 is 0. The van der Waals surface area contributed by atoms with Crippen LogP contribution in [0.25, 0.3) is 0 Å². The quantitative estimate of drug-likeness (QED) is 0.626. The molecule has 0 amide bonds. The number of nitrogens with zero attached hydrogens (tertiary/aromatic N) is 1.